The number of alkyl carbamates (subject to hydrolysis) is 1. The molecule has 11 nitrogen and oxygen atoms in total. The number of methoxy groups -OCH3 is 1. The lowest BCUT2D eigenvalue weighted by atomic mass is 9.79. The number of rotatable bonds is 11. The smallest absolute Gasteiger partial charge is 0.407 e. The molecule has 1 saturated heterocycles. The molecular weight excluding hydrogens is 620 g/mol. The van der Waals surface area contributed by atoms with Crippen LogP contribution in [0.1, 0.15) is 101 Å². The van der Waals surface area contributed by atoms with E-state index in [4.69, 9.17) is 24.2 Å². The molecule has 0 aromatic carbocycles. The summed E-state index contributed by atoms with van der Waals surface area (Å²) < 4.78 is 18.1. The Morgan fingerprint density at radius 3 is 2.53 bits per heavy atom. The van der Waals surface area contributed by atoms with E-state index in [9.17, 15) is 9.59 Å². The molecule has 3 aromatic rings. The van der Waals surface area contributed by atoms with Gasteiger partial charge in [-0.3, -0.25) is 19.4 Å². The molecule has 0 bridgehead atoms. The Kier molecular flexibility index (Phi) is 11.8. The average Bonchev–Trinajstić information content (AvgIpc) is 3.65. The van der Waals surface area contributed by atoms with Gasteiger partial charge in [0.1, 0.15) is 18.2 Å². The van der Waals surface area contributed by atoms with E-state index >= 15 is 0 Å². The number of carbonyl (C=O) groups is 2. The Balaban J connectivity index is 1.11. The van der Waals surface area contributed by atoms with Crippen LogP contribution >= 0.6 is 0 Å². The highest BCUT2D eigenvalue weighted by Crippen LogP contribution is 2.38. The first-order valence-electron chi connectivity index (χ1n) is 18.2. The minimum atomic E-state index is -0.409. The van der Waals surface area contributed by atoms with Crippen molar-refractivity contribution in [3.8, 4) is 16.9 Å². The zero-order chi connectivity index (χ0) is 34.2. The third-order valence-corrected chi connectivity index (χ3v) is 10.6. The van der Waals surface area contributed by atoms with Crippen LogP contribution in [0, 0.1) is 18.8 Å². The molecule has 1 N–H and O–H groups in total. The van der Waals surface area contributed by atoms with Crippen LogP contribution in [0.25, 0.3) is 11.1 Å². The third kappa shape index (κ3) is 8.98. The van der Waals surface area contributed by atoms with E-state index in [0.717, 1.165) is 92.5 Å². The summed E-state index contributed by atoms with van der Waals surface area (Å²) in [6.07, 6.45) is 16.3. The van der Waals surface area contributed by atoms with Gasteiger partial charge >= 0.3 is 6.09 Å². The molecule has 49 heavy (non-hydrogen) atoms. The van der Waals surface area contributed by atoms with Gasteiger partial charge in [0.25, 0.3) is 0 Å². The van der Waals surface area contributed by atoms with Crippen LogP contribution in [0.15, 0.2) is 42.9 Å². The van der Waals surface area contributed by atoms with Crippen molar-refractivity contribution in [2.75, 3.05) is 38.4 Å². The first-order chi connectivity index (χ1) is 23.9. The molecule has 2 saturated carbocycles. The highest BCUT2D eigenvalue weighted by Gasteiger charge is 2.32. The second kappa shape index (κ2) is 16.6. The van der Waals surface area contributed by atoms with E-state index in [-0.39, 0.29) is 30.5 Å². The molecule has 0 radical (unpaired) electrons. The number of ether oxygens (including phenoxy) is 3. The third-order valence-electron chi connectivity index (χ3n) is 10.6. The van der Waals surface area contributed by atoms with E-state index in [2.05, 4.69) is 16.5 Å². The Hall–Kier alpha value is -3.99. The van der Waals surface area contributed by atoms with Crippen LogP contribution in [-0.2, 0) is 14.3 Å². The number of nitrogens with zero attached hydrogens (tertiary/aromatic N) is 5. The molecular formula is C38H52N6O5. The fourth-order valence-electron chi connectivity index (χ4n) is 7.57. The summed E-state index contributed by atoms with van der Waals surface area (Å²) >= 11 is 0. The summed E-state index contributed by atoms with van der Waals surface area (Å²) in [7, 11) is 1.68. The second-order valence-corrected chi connectivity index (χ2v) is 14.1. The number of pyridine rings is 2. The number of hydrogen-bond donors (Lipinski definition) is 1. The lowest BCUT2D eigenvalue weighted by Crippen LogP contribution is -2.41. The predicted molar refractivity (Wildman–Crippen MR) is 188 cm³/mol. The topological polar surface area (TPSA) is 121 Å². The molecule has 3 aliphatic rings. The average molecular weight is 673 g/mol. The van der Waals surface area contributed by atoms with Gasteiger partial charge in [0.05, 0.1) is 25.0 Å². The lowest BCUT2D eigenvalue weighted by molar-refractivity contribution is -0.123. The zero-order valence-corrected chi connectivity index (χ0v) is 29.3. The summed E-state index contributed by atoms with van der Waals surface area (Å²) in [5, 5.41) is 7.52. The van der Waals surface area contributed by atoms with Gasteiger partial charge < -0.3 is 19.5 Å². The maximum atomic E-state index is 14.1. The number of aromatic nitrogens is 4. The Morgan fingerprint density at radius 2 is 1.80 bits per heavy atom. The number of hydrogen-bond acceptors (Lipinski definition) is 8. The summed E-state index contributed by atoms with van der Waals surface area (Å²) in [4.78, 5) is 38.1. The van der Waals surface area contributed by atoms with Crippen LogP contribution in [-0.4, -0.2) is 71.3 Å². The number of anilines is 1. The van der Waals surface area contributed by atoms with E-state index in [1.807, 2.05) is 54.0 Å². The van der Waals surface area contributed by atoms with Crippen LogP contribution in [0.3, 0.4) is 0 Å². The largest absolute Gasteiger partial charge is 0.495 e. The van der Waals surface area contributed by atoms with Crippen molar-refractivity contribution < 1.29 is 23.8 Å². The van der Waals surface area contributed by atoms with E-state index < -0.39 is 6.09 Å². The quantitative estimate of drug-likeness (QED) is 0.231. The summed E-state index contributed by atoms with van der Waals surface area (Å²) in [5.41, 5.74) is 3.95. The van der Waals surface area contributed by atoms with E-state index in [1.165, 1.54) is 6.42 Å². The molecule has 2 amide bonds. The number of nitrogens with one attached hydrogen (secondary N) is 1. The molecule has 1 aliphatic heterocycles. The van der Waals surface area contributed by atoms with E-state index in [0.29, 0.717) is 37.4 Å². The van der Waals surface area contributed by atoms with Crippen molar-refractivity contribution in [2.24, 2.45) is 11.8 Å². The molecule has 1 unspecified atom stereocenters. The van der Waals surface area contributed by atoms with Gasteiger partial charge in [-0.25, -0.2) is 9.78 Å². The Labute approximate surface area is 290 Å². The second-order valence-electron chi connectivity index (χ2n) is 14.1. The van der Waals surface area contributed by atoms with E-state index in [1.54, 1.807) is 13.3 Å². The molecule has 264 valence electrons. The first kappa shape index (κ1) is 34.9. The van der Waals surface area contributed by atoms with Crippen molar-refractivity contribution in [1.82, 2.24) is 25.1 Å². The van der Waals surface area contributed by atoms with Gasteiger partial charge in [0.2, 0.25) is 5.91 Å². The maximum Gasteiger partial charge on any atom is 0.407 e. The zero-order valence-electron chi connectivity index (χ0n) is 29.3. The Bertz CT molecular complexity index is 1540. The van der Waals surface area contributed by atoms with Gasteiger partial charge in [0.15, 0.2) is 0 Å². The lowest BCUT2D eigenvalue weighted by Gasteiger charge is -2.34. The summed E-state index contributed by atoms with van der Waals surface area (Å²) in [6, 6.07) is 8.07. The van der Waals surface area contributed by atoms with Crippen LogP contribution in [0.2, 0.25) is 0 Å². The maximum absolute atomic E-state index is 14.1. The molecule has 3 fully saturated rings. The van der Waals surface area contributed by atoms with Gasteiger partial charge in [-0.15, -0.1) is 0 Å². The SMILES string of the molecule is COc1ccc(C2CCC(CN(C(=O)C3CCCCC3)c3cc(-c4cnn(C(C)COC(=O)NC5CCOCC5)c4)ccn3)CC2)nc1C. The number of carbonyl (C=O) groups excluding carboxylic acids is 2. The summed E-state index contributed by atoms with van der Waals surface area (Å²) in [5.74, 6) is 2.62. The van der Waals surface area contributed by atoms with Gasteiger partial charge in [0, 0.05) is 61.3 Å². The fourth-order valence-corrected chi connectivity index (χ4v) is 7.57. The summed E-state index contributed by atoms with van der Waals surface area (Å²) in [6.45, 7) is 6.17. The number of aryl methyl sites for hydroxylation is 1. The van der Waals surface area contributed by atoms with Crippen molar-refractivity contribution in [3.05, 3.63) is 54.2 Å². The van der Waals surface area contributed by atoms with Crippen molar-refractivity contribution in [3.63, 3.8) is 0 Å². The standard InChI is InChI=1S/C38H52N6O5/c1-26(25-49-38(46)42-33-16-19-48-20-17-33)44-24-32(22-40-44)31-15-18-39-36(21-31)43(37(45)30-7-5-4-6-8-30)23-28-9-11-29(12-10-28)34-13-14-35(47-3)27(2)41-34/h13-15,18,21-22,24,26,28-30,33H,4-12,16-17,19-20,23,25H2,1-3H3,(H,42,46). The normalized spacial score (nSPS) is 21.1. The van der Waals surface area contributed by atoms with Crippen molar-refractivity contribution in [2.45, 2.75) is 102 Å². The van der Waals surface area contributed by atoms with Gasteiger partial charge in [-0.1, -0.05) is 19.3 Å². The van der Waals surface area contributed by atoms with Gasteiger partial charge in [-0.05, 0) is 101 Å². The minimum Gasteiger partial charge on any atom is -0.495 e. The Morgan fingerprint density at radius 1 is 1.02 bits per heavy atom. The van der Waals surface area contributed by atoms with Crippen LogP contribution in [0.4, 0.5) is 10.6 Å². The number of amides is 2. The molecule has 3 aromatic heterocycles. The van der Waals surface area contributed by atoms with Crippen LogP contribution in [0.5, 0.6) is 5.75 Å². The molecule has 4 heterocycles. The highest BCUT2D eigenvalue weighted by atomic mass is 16.5. The fraction of sp³-hybridized carbons (Fsp3) is 0.605. The molecule has 0 spiro atoms. The highest BCUT2D eigenvalue weighted by molar-refractivity contribution is 5.94. The minimum absolute atomic E-state index is 0.0502. The molecule has 11 heteroatoms. The van der Waals surface area contributed by atoms with Crippen LogP contribution < -0.4 is 15.0 Å². The molecule has 1 atom stereocenters. The molecule has 2 aliphatic carbocycles. The van der Waals surface area contributed by atoms with Crippen molar-refractivity contribution in [1.29, 1.82) is 0 Å². The molecule has 6 rings (SSSR count). The van der Waals surface area contributed by atoms with Crippen molar-refractivity contribution >= 4 is 17.8 Å². The van der Waals surface area contributed by atoms with Gasteiger partial charge in [-0.2, -0.15) is 5.10 Å². The first-order valence-corrected chi connectivity index (χ1v) is 18.2. The monoisotopic (exact) mass is 672 g/mol. The predicted octanol–water partition coefficient (Wildman–Crippen LogP) is 7.01.